The number of hydrogen-bond donors (Lipinski definition) is 2. The maximum absolute atomic E-state index is 12.5. The van der Waals surface area contributed by atoms with Crippen LogP contribution in [0.3, 0.4) is 0 Å². The highest BCUT2D eigenvalue weighted by Gasteiger charge is 2.49. The Balaban J connectivity index is 2.76. The van der Waals surface area contributed by atoms with E-state index in [0.29, 0.717) is 25.9 Å². The number of carbonyl (C=O) groups excluding carboxylic acids is 1. The summed E-state index contributed by atoms with van der Waals surface area (Å²) in [5.41, 5.74) is -0.997. The van der Waals surface area contributed by atoms with Gasteiger partial charge in [0.05, 0.1) is 0 Å². The van der Waals surface area contributed by atoms with E-state index in [1.54, 1.807) is 16.8 Å². The largest absolute Gasteiger partial charge is 0.479 e. The molecule has 2 N–H and O–H groups in total. The molecule has 1 rings (SSSR count). The number of nitrogens with one attached hydrogen (secondary N) is 1. The van der Waals surface area contributed by atoms with E-state index in [2.05, 4.69) is 5.32 Å². The number of likely N-dealkylation sites (tertiary alicyclic amines) is 1. The van der Waals surface area contributed by atoms with Crippen molar-refractivity contribution >= 4 is 12.0 Å². The summed E-state index contributed by atoms with van der Waals surface area (Å²) in [4.78, 5) is 27.4. The summed E-state index contributed by atoms with van der Waals surface area (Å²) in [6.45, 7) is 3.98. The molecule has 6 nitrogen and oxygen atoms in total. The van der Waals surface area contributed by atoms with E-state index in [4.69, 9.17) is 0 Å². The van der Waals surface area contributed by atoms with E-state index >= 15 is 0 Å². The zero-order valence-corrected chi connectivity index (χ0v) is 12.8. The van der Waals surface area contributed by atoms with Gasteiger partial charge in [-0.05, 0) is 39.3 Å². The van der Waals surface area contributed by atoms with Gasteiger partial charge in [0.15, 0.2) is 0 Å². The van der Waals surface area contributed by atoms with Crippen LogP contribution in [-0.2, 0) is 4.79 Å². The fourth-order valence-electron chi connectivity index (χ4n) is 2.95. The average Bonchev–Trinajstić information content (AvgIpc) is 2.83. The van der Waals surface area contributed by atoms with Crippen molar-refractivity contribution < 1.29 is 14.7 Å². The summed E-state index contributed by atoms with van der Waals surface area (Å²) in [7, 11) is 3.62. The lowest BCUT2D eigenvalue weighted by Crippen LogP contribution is -2.56. The standard InChI is InChI=1S/C14H27N3O3/c1-4-7-14(12(18)19)8-5-11-17(14)13(20)16(3)10-6-9-15-2/h15H,4-11H2,1-3H3,(H,18,19). The van der Waals surface area contributed by atoms with Crippen molar-refractivity contribution in [2.45, 2.75) is 44.6 Å². The van der Waals surface area contributed by atoms with Crippen LogP contribution in [0.15, 0.2) is 0 Å². The molecule has 0 radical (unpaired) electrons. The summed E-state index contributed by atoms with van der Waals surface area (Å²) in [5, 5.41) is 12.6. The highest BCUT2D eigenvalue weighted by Crippen LogP contribution is 2.34. The lowest BCUT2D eigenvalue weighted by Gasteiger charge is -2.37. The molecule has 1 atom stereocenters. The number of nitrogens with zero attached hydrogens (tertiary/aromatic N) is 2. The molecule has 1 heterocycles. The molecule has 0 aromatic carbocycles. The van der Waals surface area contributed by atoms with Crippen molar-refractivity contribution in [1.82, 2.24) is 15.1 Å². The van der Waals surface area contributed by atoms with E-state index in [1.165, 1.54) is 0 Å². The van der Waals surface area contributed by atoms with Crippen molar-refractivity contribution in [1.29, 1.82) is 0 Å². The molecule has 0 aromatic rings. The van der Waals surface area contributed by atoms with E-state index < -0.39 is 11.5 Å². The van der Waals surface area contributed by atoms with Crippen molar-refractivity contribution in [3.63, 3.8) is 0 Å². The molecule has 0 saturated carbocycles. The van der Waals surface area contributed by atoms with Gasteiger partial charge < -0.3 is 20.2 Å². The van der Waals surface area contributed by atoms with Crippen LogP contribution in [0.4, 0.5) is 4.79 Å². The number of rotatable bonds is 7. The van der Waals surface area contributed by atoms with Crippen molar-refractivity contribution in [2.24, 2.45) is 0 Å². The molecule has 2 amide bonds. The minimum absolute atomic E-state index is 0.158. The molecule has 1 fully saturated rings. The molecule has 0 aromatic heterocycles. The first kappa shape index (κ1) is 16.8. The number of amides is 2. The van der Waals surface area contributed by atoms with E-state index in [-0.39, 0.29) is 6.03 Å². The molecule has 6 heteroatoms. The number of carbonyl (C=O) groups is 2. The average molecular weight is 285 g/mol. The highest BCUT2D eigenvalue weighted by molar-refractivity contribution is 5.87. The third-order valence-electron chi connectivity index (χ3n) is 4.03. The van der Waals surface area contributed by atoms with Gasteiger partial charge in [-0.15, -0.1) is 0 Å². The van der Waals surface area contributed by atoms with Gasteiger partial charge in [0.2, 0.25) is 0 Å². The quantitative estimate of drug-likeness (QED) is 0.693. The van der Waals surface area contributed by atoms with Crippen LogP contribution in [0.5, 0.6) is 0 Å². The third kappa shape index (κ3) is 3.42. The van der Waals surface area contributed by atoms with Crippen LogP contribution in [0.1, 0.15) is 39.0 Å². The van der Waals surface area contributed by atoms with Gasteiger partial charge in [-0.3, -0.25) is 0 Å². The zero-order chi connectivity index (χ0) is 15.2. The predicted octanol–water partition coefficient (Wildman–Crippen LogP) is 1.37. The topological polar surface area (TPSA) is 72.9 Å². The van der Waals surface area contributed by atoms with Crippen LogP contribution in [0.25, 0.3) is 0 Å². The second kappa shape index (κ2) is 7.47. The summed E-state index contributed by atoms with van der Waals surface area (Å²) in [6.07, 6.45) is 3.48. The molecule has 20 heavy (non-hydrogen) atoms. The van der Waals surface area contributed by atoms with E-state index in [1.807, 2.05) is 14.0 Å². The number of hydrogen-bond acceptors (Lipinski definition) is 3. The smallest absolute Gasteiger partial charge is 0.329 e. The Morgan fingerprint density at radius 2 is 2.15 bits per heavy atom. The normalized spacial score (nSPS) is 22.1. The molecular weight excluding hydrogens is 258 g/mol. The van der Waals surface area contributed by atoms with Gasteiger partial charge >= 0.3 is 12.0 Å². The number of urea groups is 1. The fraction of sp³-hybridized carbons (Fsp3) is 0.857. The molecule has 0 spiro atoms. The Hall–Kier alpha value is -1.30. The van der Waals surface area contributed by atoms with Crippen LogP contribution >= 0.6 is 0 Å². The molecule has 0 bridgehead atoms. The van der Waals surface area contributed by atoms with Gasteiger partial charge in [-0.25, -0.2) is 9.59 Å². The van der Waals surface area contributed by atoms with E-state index in [9.17, 15) is 14.7 Å². The van der Waals surface area contributed by atoms with Crippen molar-refractivity contribution in [2.75, 3.05) is 33.7 Å². The second-order valence-electron chi connectivity index (χ2n) is 5.50. The molecule has 116 valence electrons. The molecule has 0 aliphatic carbocycles. The Kier molecular flexibility index (Phi) is 6.26. The molecule has 1 aliphatic heterocycles. The highest BCUT2D eigenvalue weighted by atomic mass is 16.4. The fourth-order valence-corrected chi connectivity index (χ4v) is 2.95. The van der Waals surface area contributed by atoms with Gasteiger partial charge in [-0.2, -0.15) is 0 Å². The molecule has 1 saturated heterocycles. The maximum atomic E-state index is 12.5. The minimum Gasteiger partial charge on any atom is -0.479 e. The van der Waals surface area contributed by atoms with Crippen LogP contribution in [-0.4, -0.2) is 66.2 Å². The predicted molar refractivity (Wildman–Crippen MR) is 77.8 cm³/mol. The molecule has 1 unspecified atom stereocenters. The van der Waals surface area contributed by atoms with Gasteiger partial charge in [0, 0.05) is 20.1 Å². The Morgan fingerprint density at radius 3 is 2.70 bits per heavy atom. The summed E-state index contributed by atoms with van der Waals surface area (Å²) < 4.78 is 0. The van der Waals surface area contributed by atoms with Crippen molar-refractivity contribution in [3.05, 3.63) is 0 Å². The number of carboxylic acid groups (broad SMARTS) is 1. The first-order valence-corrected chi connectivity index (χ1v) is 7.40. The Morgan fingerprint density at radius 1 is 1.45 bits per heavy atom. The van der Waals surface area contributed by atoms with Crippen LogP contribution in [0.2, 0.25) is 0 Å². The Bertz CT molecular complexity index is 349. The molecular formula is C14H27N3O3. The monoisotopic (exact) mass is 285 g/mol. The minimum atomic E-state index is -0.997. The first-order valence-electron chi connectivity index (χ1n) is 7.40. The third-order valence-corrected chi connectivity index (χ3v) is 4.03. The summed E-state index contributed by atoms with van der Waals surface area (Å²) >= 11 is 0. The Labute approximate surface area is 121 Å². The van der Waals surface area contributed by atoms with E-state index in [0.717, 1.165) is 25.8 Å². The molecule has 1 aliphatic rings. The van der Waals surface area contributed by atoms with Gasteiger partial charge in [0.25, 0.3) is 0 Å². The van der Waals surface area contributed by atoms with Crippen LogP contribution in [0, 0.1) is 0 Å². The summed E-state index contributed by atoms with van der Waals surface area (Å²) in [6, 6.07) is -0.158. The van der Waals surface area contributed by atoms with Crippen molar-refractivity contribution in [3.8, 4) is 0 Å². The zero-order valence-electron chi connectivity index (χ0n) is 12.8. The maximum Gasteiger partial charge on any atom is 0.329 e. The lowest BCUT2D eigenvalue weighted by molar-refractivity contribution is -0.148. The number of carboxylic acids is 1. The number of aliphatic carboxylic acids is 1. The van der Waals surface area contributed by atoms with Gasteiger partial charge in [-0.1, -0.05) is 13.3 Å². The summed E-state index contributed by atoms with van der Waals surface area (Å²) in [5.74, 6) is -0.867. The van der Waals surface area contributed by atoms with Gasteiger partial charge in [0.1, 0.15) is 5.54 Å². The SMILES string of the molecule is CCCC1(C(=O)O)CCCN1C(=O)N(C)CCCNC. The second-order valence-corrected chi connectivity index (χ2v) is 5.50. The lowest BCUT2D eigenvalue weighted by atomic mass is 9.91. The van der Waals surface area contributed by atoms with Crippen LogP contribution < -0.4 is 5.32 Å². The first-order chi connectivity index (χ1) is 9.49.